The van der Waals surface area contributed by atoms with Gasteiger partial charge in [-0.1, -0.05) is 12.1 Å². The fourth-order valence-electron chi connectivity index (χ4n) is 2.75. The summed E-state index contributed by atoms with van der Waals surface area (Å²) >= 11 is 0. The number of rotatable bonds is 3. The number of hydrogen-bond acceptors (Lipinski definition) is 5. The molecule has 0 unspecified atom stereocenters. The average molecular weight is 298 g/mol. The lowest BCUT2D eigenvalue weighted by atomic mass is 10.1. The molecule has 5 heteroatoms. The number of methoxy groups -OCH3 is 1. The van der Waals surface area contributed by atoms with Crippen molar-refractivity contribution in [1.82, 2.24) is 15.3 Å². The van der Waals surface area contributed by atoms with E-state index in [2.05, 4.69) is 22.1 Å². The molecule has 0 spiro atoms. The molecule has 1 aromatic heterocycles. The van der Waals surface area contributed by atoms with Crippen molar-refractivity contribution in [2.24, 2.45) is 0 Å². The molecule has 22 heavy (non-hydrogen) atoms. The molecule has 0 saturated carbocycles. The van der Waals surface area contributed by atoms with Crippen molar-refractivity contribution >= 4 is 5.82 Å². The molecule has 1 saturated heterocycles. The summed E-state index contributed by atoms with van der Waals surface area (Å²) in [5, 5.41) is 3.38. The Morgan fingerprint density at radius 3 is 2.55 bits per heavy atom. The number of aromatic nitrogens is 2. The first kappa shape index (κ1) is 14.8. The Morgan fingerprint density at radius 1 is 1.09 bits per heavy atom. The number of piperazine rings is 1. The van der Waals surface area contributed by atoms with Crippen LogP contribution in [0.2, 0.25) is 0 Å². The van der Waals surface area contributed by atoms with Gasteiger partial charge in [-0.25, -0.2) is 9.97 Å². The minimum Gasteiger partial charge on any atom is -0.496 e. The largest absolute Gasteiger partial charge is 0.496 e. The molecule has 0 atom stereocenters. The fraction of sp³-hybridized carbons (Fsp3) is 0.412. The van der Waals surface area contributed by atoms with E-state index in [0.717, 1.165) is 60.4 Å². The van der Waals surface area contributed by atoms with Gasteiger partial charge in [0.15, 0.2) is 5.82 Å². The van der Waals surface area contributed by atoms with Crippen LogP contribution < -0.4 is 15.0 Å². The summed E-state index contributed by atoms with van der Waals surface area (Å²) in [6, 6.07) is 7.89. The van der Waals surface area contributed by atoms with Crippen LogP contribution in [0.25, 0.3) is 11.4 Å². The number of hydrogen-bond donors (Lipinski definition) is 1. The van der Waals surface area contributed by atoms with Crippen LogP contribution in [0.3, 0.4) is 0 Å². The van der Waals surface area contributed by atoms with Crippen molar-refractivity contribution in [3.63, 3.8) is 0 Å². The third kappa shape index (κ3) is 2.76. The van der Waals surface area contributed by atoms with Crippen LogP contribution in [0, 0.1) is 13.8 Å². The van der Waals surface area contributed by atoms with Crippen molar-refractivity contribution in [3.05, 3.63) is 35.5 Å². The average Bonchev–Trinajstić information content (AvgIpc) is 2.58. The highest BCUT2D eigenvalue weighted by atomic mass is 16.5. The molecule has 1 aliphatic heterocycles. The fourth-order valence-corrected chi connectivity index (χ4v) is 2.75. The lowest BCUT2D eigenvalue weighted by Crippen LogP contribution is -2.44. The third-order valence-electron chi connectivity index (χ3n) is 4.13. The predicted molar refractivity (Wildman–Crippen MR) is 88.6 cm³/mol. The number of aryl methyl sites for hydroxylation is 1. The quantitative estimate of drug-likeness (QED) is 0.941. The minimum absolute atomic E-state index is 0.731. The molecule has 1 fully saturated rings. The molecule has 0 aliphatic carbocycles. The Labute approximate surface area is 131 Å². The van der Waals surface area contributed by atoms with Crippen molar-refractivity contribution in [1.29, 1.82) is 0 Å². The first-order valence-electron chi connectivity index (χ1n) is 7.65. The molecule has 0 radical (unpaired) electrons. The highest BCUT2D eigenvalue weighted by Crippen LogP contribution is 2.30. The van der Waals surface area contributed by atoms with E-state index in [0.29, 0.717) is 0 Å². The van der Waals surface area contributed by atoms with Gasteiger partial charge in [-0.15, -0.1) is 0 Å². The maximum Gasteiger partial charge on any atom is 0.165 e. The minimum atomic E-state index is 0.731. The molecule has 0 amide bonds. The summed E-state index contributed by atoms with van der Waals surface area (Å²) in [5.41, 5.74) is 3.11. The zero-order valence-corrected chi connectivity index (χ0v) is 13.4. The number of para-hydroxylation sites is 1. The number of anilines is 1. The van der Waals surface area contributed by atoms with Crippen molar-refractivity contribution < 1.29 is 4.74 Å². The number of nitrogens with one attached hydrogen (secondary N) is 1. The van der Waals surface area contributed by atoms with Gasteiger partial charge < -0.3 is 15.0 Å². The normalized spacial score (nSPS) is 15.0. The second-order valence-corrected chi connectivity index (χ2v) is 5.52. The van der Waals surface area contributed by atoms with Crippen molar-refractivity contribution in [3.8, 4) is 17.1 Å². The summed E-state index contributed by atoms with van der Waals surface area (Å²) in [5.74, 6) is 2.57. The van der Waals surface area contributed by atoms with Crippen LogP contribution in [0.15, 0.2) is 24.3 Å². The van der Waals surface area contributed by atoms with Gasteiger partial charge in [0.2, 0.25) is 0 Å². The van der Waals surface area contributed by atoms with Gasteiger partial charge in [0.05, 0.1) is 12.7 Å². The van der Waals surface area contributed by atoms with Crippen LogP contribution in [0.4, 0.5) is 5.82 Å². The topological polar surface area (TPSA) is 50.3 Å². The van der Waals surface area contributed by atoms with Gasteiger partial charge in [-0.3, -0.25) is 0 Å². The number of nitrogens with zero attached hydrogens (tertiary/aromatic N) is 3. The van der Waals surface area contributed by atoms with Crippen LogP contribution in [-0.2, 0) is 0 Å². The van der Waals surface area contributed by atoms with Gasteiger partial charge >= 0.3 is 0 Å². The molecule has 1 aromatic carbocycles. The SMILES string of the molecule is COc1ccccc1-c1nc(C)c(C)c(N2CCNCC2)n1. The molecule has 2 aromatic rings. The molecular formula is C17H22N4O. The molecule has 0 bridgehead atoms. The van der Waals surface area contributed by atoms with E-state index in [-0.39, 0.29) is 0 Å². The van der Waals surface area contributed by atoms with E-state index < -0.39 is 0 Å². The van der Waals surface area contributed by atoms with E-state index in [1.807, 2.05) is 31.2 Å². The zero-order valence-electron chi connectivity index (χ0n) is 13.4. The Morgan fingerprint density at radius 2 is 1.82 bits per heavy atom. The van der Waals surface area contributed by atoms with Gasteiger partial charge in [-0.05, 0) is 26.0 Å². The monoisotopic (exact) mass is 298 g/mol. The van der Waals surface area contributed by atoms with Gasteiger partial charge in [0.1, 0.15) is 11.6 Å². The lowest BCUT2D eigenvalue weighted by Gasteiger charge is -2.30. The number of ether oxygens (including phenoxy) is 1. The van der Waals surface area contributed by atoms with E-state index in [1.165, 1.54) is 0 Å². The maximum absolute atomic E-state index is 5.45. The van der Waals surface area contributed by atoms with Crippen LogP contribution >= 0.6 is 0 Å². The first-order chi connectivity index (χ1) is 10.7. The third-order valence-corrected chi connectivity index (χ3v) is 4.13. The maximum atomic E-state index is 5.45. The molecule has 1 aliphatic rings. The second-order valence-electron chi connectivity index (χ2n) is 5.52. The highest BCUT2D eigenvalue weighted by molar-refractivity contribution is 5.66. The molecule has 116 valence electrons. The van der Waals surface area contributed by atoms with Gasteiger partial charge in [0, 0.05) is 37.4 Å². The predicted octanol–water partition coefficient (Wildman–Crippen LogP) is 2.18. The van der Waals surface area contributed by atoms with Crippen molar-refractivity contribution in [2.75, 3.05) is 38.2 Å². The molecule has 2 heterocycles. The molecule has 1 N–H and O–H groups in total. The highest BCUT2D eigenvalue weighted by Gasteiger charge is 2.18. The zero-order chi connectivity index (χ0) is 15.5. The van der Waals surface area contributed by atoms with Crippen LogP contribution in [0.5, 0.6) is 5.75 Å². The Balaban J connectivity index is 2.07. The van der Waals surface area contributed by atoms with Gasteiger partial charge in [0.25, 0.3) is 0 Å². The van der Waals surface area contributed by atoms with E-state index in [9.17, 15) is 0 Å². The Hall–Kier alpha value is -2.14. The van der Waals surface area contributed by atoms with Gasteiger partial charge in [-0.2, -0.15) is 0 Å². The Bertz CT molecular complexity index is 666. The standard InChI is InChI=1S/C17H22N4O/c1-12-13(2)19-16(14-6-4-5-7-15(14)22-3)20-17(12)21-10-8-18-9-11-21/h4-7,18H,8-11H2,1-3H3. The summed E-state index contributed by atoms with van der Waals surface area (Å²) in [6.45, 7) is 8.07. The number of benzene rings is 1. The van der Waals surface area contributed by atoms with Crippen LogP contribution in [0.1, 0.15) is 11.3 Å². The summed E-state index contributed by atoms with van der Waals surface area (Å²) in [4.78, 5) is 11.8. The smallest absolute Gasteiger partial charge is 0.165 e. The summed E-state index contributed by atoms with van der Waals surface area (Å²) < 4.78 is 5.45. The lowest BCUT2D eigenvalue weighted by molar-refractivity contribution is 0.416. The second kappa shape index (κ2) is 6.32. The molecular weight excluding hydrogens is 276 g/mol. The molecule has 3 rings (SSSR count). The van der Waals surface area contributed by atoms with Crippen LogP contribution in [-0.4, -0.2) is 43.3 Å². The van der Waals surface area contributed by atoms with Crippen molar-refractivity contribution in [2.45, 2.75) is 13.8 Å². The Kier molecular flexibility index (Phi) is 4.24. The van der Waals surface area contributed by atoms with E-state index in [1.54, 1.807) is 7.11 Å². The van der Waals surface area contributed by atoms with E-state index in [4.69, 9.17) is 9.72 Å². The summed E-state index contributed by atoms with van der Waals surface area (Å²) in [6.07, 6.45) is 0. The molecule has 5 nitrogen and oxygen atoms in total. The van der Waals surface area contributed by atoms with E-state index >= 15 is 0 Å². The summed E-state index contributed by atoms with van der Waals surface area (Å²) in [7, 11) is 1.68. The first-order valence-corrected chi connectivity index (χ1v) is 7.65.